The number of aromatic nitrogens is 2. The van der Waals surface area contributed by atoms with Gasteiger partial charge in [-0.25, -0.2) is 9.97 Å². The van der Waals surface area contributed by atoms with E-state index in [9.17, 15) is 0 Å². The molecule has 0 aliphatic carbocycles. The van der Waals surface area contributed by atoms with Crippen LogP contribution < -0.4 is 31.8 Å². The number of rotatable bonds is 5. The summed E-state index contributed by atoms with van der Waals surface area (Å²) in [5.41, 5.74) is 9.97. The predicted octanol–water partition coefficient (Wildman–Crippen LogP) is 1.64. The first kappa shape index (κ1) is 22.5. The molecule has 0 saturated carbocycles. The molecule has 2 bridgehead atoms. The highest BCUT2D eigenvalue weighted by Gasteiger charge is 2.24. The third kappa shape index (κ3) is 4.44. The van der Waals surface area contributed by atoms with Crippen LogP contribution in [0.2, 0.25) is 0 Å². The molecule has 3 aliphatic rings. The maximum atomic E-state index is 6.20. The number of allylic oxidation sites excluding steroid dienone is 2. The average Bonchev–Trinajstić information content (AvgIpc) is 2.96. The largest absolute Gasteiger partial charge is 0.403 e. The Balaban J connectivity index is 1.96. The van der Waals surface area contributed by atoms with Gasteiger partial charge in [0, 0.05) is 55.8 Å². The van der Waals surface area contributed by atoms with Crippen LogP contribution in [0.25, 0.3) is 17.3 Å². The molecule has 1 unspecified atom stereocenters. The first-order valence-electron chi connectivity index (χ1n) is 12.0. The van der Waals surface area contributed by atoms with Gasteiger partial charge in [0.2, 0.25) is 0 Å². The minimum Gasteiger partial charge on any atom is -0.403 e. The molecule has 32 heavy (non-hydrogen) atoms. The van der Waals surface area contributed by atoms with Gasteiger partial charge in [0.1, 0.15) is 11.7 Å². The Bertz CT molecular complexity index is 1060. The van der Waals surface area contributed by atoms with Gasteiger partial charge in [0.15, 0.2) is 5.82 Å². The number of nitrogens with one attached hydrogen (secondary N) is 2. The Morgan fingerprint density at radius 3 is 2.69 bits per heavy atom. The summed E-state index contributed by atoms with van der Waals surface area (Å²) in [4.78, 5) is 17.4. The molecule has 3 aliphatic heterocycles. The van der Waals surface area contributed by atoms with Crippen LogP contribution in [0.4, 0.5) is 5.82 Å². The quantitative estimate of drug-likeness (QED) is 0.651. The van der Waals surface area contributed by atoms with Crippen LogP contribution in [0.5, 0.6) is 0 Å². The fourth-order valence-corrected chi connectivity index (χ4v) is 5.15. The highest BCUT2D eigenvalue weighted by Crippen LogP contribution is 2.29. The summed E-state index contributed by atoms with van der Waals surface area (Å²) in [7, 11) is 0. The normalized spacial score (nSPS) is 22.7. The lowest BCUT2D eigenvalue weighted by atomic mass is 9.93. The molecule has 4 heterocycles. The van der Waals surface area contributed by atoms with E-state index < -0.39 is 0 Å². The van der Waals surface area contributed by atoms with Crippen LogP contribution in [0.3, 0.4) is 0 Å². The first-order chi connectivity index (χ1) is 15.5. The molecule has 7 nitrogen and oxygen atoms in total. The Kier molecular flexibility index (Phi) is 6.94. The highest BCUT2D eigenvalue weighted by molar-refractivity contribution is 5.91. The van der Waals surface area contributed by atoms with E-state index in [0.717, 1.165) is 85.5 Å². The van der Waals surface area contributed by atoms with Crippen molar-refractivity contribution in [2.45, 2.75) is 59.4 Å². The zero-order chi connectivity index (χ0) is 22.7. The number of fused-ring (bicyclic) bond motifs is 2. The van der Waals surface area contributed by atoms with Crippen molar-refractivity contribution in [3.05, 3.63) is 34.2 Å². The summed E-state index contributed by atoms with van der Waals surface area (Å²) < 4.78 is 0. The third-order valence-corrected chi connectivity index (χ3v) is 6.91. The Morgan fingerprint density at radius 1 is 1.25 bits per heavy atom. The molecular weight excluding hydrogens is 398 g/mol. The van der Waals surface area contributed by atoms with Crippen LogP contribution in [0.15, 0.2) is 22.8 Å². The van der Waals surface area contributed by atoms with Gasteiger partial charge in [0.05, 0.1) is 11.4 Å². The fraction of sp³-hybridized carbons (Fsp3) is 0.560. The molecule has 1 atom stereocenters. The van der Waals surface area contributed by atoms with Crippen molar-refractivity contribution in [2.24, 2.45) is 16.6 Å². The summed E-state index contributed by atoms with van der Waals surface area (Å²) in [5, 5.41) is 8.74. The standard InChI is InChI=1S/C25H37N7/c1-5-18(6-2)17(4)23-21(15-26)30-24(31-25(23)32-11-9-27-10-12-32)20-7-8-28-22-14-19(20)13-16(3)29-22/h7-8,15-16,18,27H,5-6,9-14,26H2,1-4H3,(H,28,29)/b21-15+,23-17-. The van der Waals surface area contributed by atoms with Gasteiger partial charge < -0.3 is 21.3 Å². The minimum atomic E-state index is 0.258. The maximum absolute atomic E-state index is 6.20. The summed E-state index contributed by atoms with van der Waals surface area (Å²) in [6, 6.07) is 0.258. The summed E-state index contributed by atoms with van der Waals surface area (Å²) in [6.07, 6.45) is 9.68. The average molecular weight is 436 g/mol. The molecule has 4 rings (SSSR count). The maximum Gasteiger partial charge on any atom is 0.162 e. The molecule has 0 spiro atoms. The van der Waals surface area contributed by atoms with Crippen molar-refractivity contribution in [2.75, 3.05) is 31.1 Å². The SMILES string of the molecule is CCC(CC)/C(C)=c1\c(N2CCNCC2)nc(C2=C3CC(=NC(C)C3)NC=C2)n\c1=C\N. The van der Waals surface area contributed by atoms with E-state index in [1.807, 2.05) is 6.20 Å². The fourth-order valence-electron chi connectivity index (χ4n) is 5.15. The number of anilines is 1. The van der Waals surface area contributed by atoms with Gasteiger partial charge in [-0.2, -0.15) is 0 Å². The van der Waals surface area contributed by atoms with Gasteiger partial charge in [-0.05, 0) is 50.7 Å². The number of amidine groups is 1. The molecule has 4 N–H and O–H groups in total. The lowest BCUT2D eigenvalue weighted by Gasteiger charge is -2.30. The van der Waals surface area contributed by atoms with E-state index in [4.69, 9.17) is 20.7 Å². The van der Waals surface area contributed by atoms with E-state index in [-0.39, 0.29) is 6.04 Å². The van der Waals surface area contributed by atoms with Gasteiger partial charge in [-0.3, -0.25) is 4.99 Å². The predicted molar refractivity (Wildman–Crippen MR) is 133 cm³/mol. The van der Waals surface area contributed by atoms with Gasteiger partial charge in [0.25, 0.3) is 0 Å². The molecule has 0 radical (unpaired) electrons. The molecule has 0 amide bonds. The number of aliphatic imine (C=N–C) groups is 1. The number of piperazine rings is 1. The van der Waals surface area contributed by atoms with Crippen molar-refractivity contribution in [1.82, 2.24) is 20.6 Å². The molecule has 1 saturated heterocycles. The van der Waals surface area contributed by atoms with Gasteiger partial charge in [-0.15, -0.1) is 0 Å². The zero-order valence-electron chi connectivity index (χ0n) is 19.9. The topological polar surface area (TPSA) is 91.5 Å². The van der Waals surface area contributed by atoms with Crippen molar-refractivity contribution >= 4 is 29.0 Å². The number of hydrogen-bond donors (Lipinski definition) is 3. The molecule has 7 heteroatoms. The van der Waals surface area contributed by atoms with Crippen LogP contribution in [-0.4, -0.2) is 48.0 Å². The van der Waals surface area contributed by atoms with Gasteiger partial charge >= 0.3 is 0 Å². The number of nitrogens with zero attached hydrogens (tertiary/aromatic N) is 4. The molecule has 1 fully saturated rings. The lowest BCUT2D eigenvalue weighted by molar-refractivity contribution is 0.581. The summed E-state index contributed by atoms with van der Waals surface area (Å²) in [6.45, 7) is 12.7. The number of nitrogens with two attached hydrogens (primary N) is 1. The van der Waals surface area contributed by atoms with E-state index in [2.05, 4.69) is 49.3 Å². The smallest absolute Gasteiger partial charge is 0.162 e. The first-order valence-corrected chi connectivity index (χ1v) is 12.0. The van der Waals surface area contributed by atoms with Crippen molar-refractivity contribution < 1.29 is 0 Å². The monoisotopic (exact) mass is 435 g/mol. The minimum absolute atomic E-state index is 0.258. The third-order valence-electron chi connectivity index (χ3n) is 6.91. The van der Waals surface area contributed by atoms with E-state index in [0.29, 0.717) is 5.92 Å². The lowest BCUT2D eigenvalue weighted by Crippen LogP contribution is -2.49. The Hall–Kier alpha value is -2.67. The molecule has 172 valence electrons. The molecule has 0 aromatic carbocycles. The second kappa shape index (κ2) is 9.86. The van der Waals surface area contributed by atoms with Crippen molar-refractivity contribution in [1.29, 1.82) is 0 Å². The zero-order valence-corrected chi connectivity index (χ0v) is 19.9. The van der Waals surface area contributed by atoms with Crippen LogP contribution >= 0.6 is 0 Å². The second-order valence-electron chi connectivity index (χ2n) is 9.03. The van der Waals surface area contributed by atoms with Crippen LogP contribution in [-0.2, 0) is 0 Å². The summed E-state index contributed by atoms with van der Waals surface area (Å²) >= 11 is 0. The highest BCUT2D eigenvalue weighted by atomic mass is 15.2. The van der Waals surface area contributed by atoms with Crippen molar-refractivity contribution in [3.8, 4) is 0 Å². The van der Waals surface area contributed by atoms with Crippen LogP contribution in [0, 0.1) is 5.92 Å². The van der Waals surface area contributed by atoms with E-state index in [1.165, 1.54) is 11.1 Å². The van der Waals surface area contributed by atoms with E-state index in [1.54, 1.807) is 6.20 Å². The van der Waals surface area contributed by atoms with Crippen LogP contribution in [0.1, 0.15) is 59.2 Å². The van der Waals surface area contributed by atoms with Crippen molar-refractivity contribution in [3.63, 3.8) is 0 Å². The molecular formula is C25H37N7. The summed E-state index contributed by atoms with van der Waals surface area (Å²) in [5.74, 6) is 3.30. The molecule has 1 aromatic heterocycles. The molecule has 1 aromatic rings. The van der Waals surface area contributed by atoms with Gasteiger partial charge in [-0.1, -0.05) is 19.4 Å². The van der Waals surface area contributed by atoms with E-state index >= 15 is 0 Å². The Labute approximate surface area is 191 Å². The Morgan fingerprint density at radius 2 is 2.00 bits per heavy atom. The second-order valence-corrected chi connectivity index (χ2v) is 9.03. The number of hydrogen-bond acceptors (Lipinski definition) is 7.